The van der Waals surface area contributed by atoms with E-state index in [2.05, 4.69) is 38.7 Å². The topological polar surface area (TPSA) is 53.1 Å². The smallest absolute Gasteiger partial charge is 0.478 e. The summed E-state index contributed by atoms with van der Waals surface area (Å²) in [5.41, 5.74) is 1.09. The minimum atomic E-state index is -0.441. The Balaban J connectivity index is 1.49. The Hall–Kier alpha value is -1.67. The lowest BCUT2D eigenvalue weighted by atomic mass is 9.77. The van der Waals surface area contributed by atoms with Crippen LogP contribution in [0.15, 0.2) is 30.3 Å². The molecular formula is C22H31BN2O4. The number of ether oxygens (including phenoxy) is 2. The number of benzene rings is 1. The first kappa shape index (κ1) is 20.6. The Morgan fingerprint density at radius 1 is 1.07 bits per heavy atom. The van der Waals surface area contributed by atoms with Crippen molar-refractivity contribution in [1.29, 1.82) is 0 Å². The number of hydrogen-bond donors (Lipinski definition) is 0. The zero-order valence-electron chi connectivity index (χ0n) is 17.9. The van der Waals surface area contributed by atoms with Gasteiger partial charge in [-0.15, -0.1) is 0 Å². The van der Waals surface area contributed by atoms with Gasteiger partial charge in [0.1, 0.15) is 0 Å². The van der Waals surface area contributed by atoms with Crippen LogP contribution < -0.4 is 10.2 Å². The zero-order valence-corrected chi connectivity index (χ0v) is 17.9. The fourth-order valence-corrected chi connectivity index (χ4v) is 3.71. The number of pyridine rings is 1. The Morgan fingerprint density at radius 2 is 1.76 bits per heavy atom. The van der Waals surface area contributed by atoms with Gasteiger partial charge in [0.05, 0.1) is 36.5 Å². The predicted molar refractivity (Wildman–Crippen MR) is 115 cm³/mol. The molecule has 29 heavy (non-hydrogen) atoms. The van der Waals surface area contributed by atoms with Gasteiger partial charge in [-0.05, 0) is 45.6 Å². The van der Waals surface area contributed by atoms with Crippen molar-refractivity contribution in [2.45, 2.75) is 45.3 Å². The van der Waals surface area contributed by atoms with E-state index in [-0.39, 0.29) is 11.2 Å². The molecule has 0 saturated carbocycles. The first-order valence-electron chi connectivity index (χ1n) is 10.5. The lowest BCUT2D eigenvalue weighted by molar-refractivity contribution is 0.00578. The lowest BCUT2D eigenvalue weighted by Gasteiger charge is -2.32. The molecule has 0 bridgehead atoms. The molecule has 0 radical (unpaired) electrons. The van der Waals surface area contributed by atoms with Gasteiger partial charge in [0, 0.05) is 31.1 Å². The Labute approximate surface area is 173 Å². The fraction of sp³-hybridized carbons (Fsp3) is 0.591. The van der Waals surface area contributed by atoms with Crippen molar-refractivity contribution in [2.75, 3.05) is 39.5 Å². The van der Waals surface area contributed by atoms with Crippen LogP contribution >= 0.6 is 0 Å². The number of fused-ring (bicyclic) bond motifs is 1. The van der Waals surface area contributed by atoms with Crippen molar-refractivity contribution in [3.05, 3.63) is 30.3 Å². The third-order valence-electron chi connectivity index (χ3n) is 6.20. The van der Waals surface area contributed by atoms with Crippen LogP contribution in [-0.2, 0) is 14.0 Å². The maximum absolute atomic E-state index is 6.29. The van der Waals surface area contributed by atoms with E-state index >= 15 is 0 Å². The van der Waals surface area contributed by atoms with Crippen LogP contribution in [0, 0.1) is 0 Å². The second-order valence-corrected chi connectivity index (χ2v) is 8.81. The monoisotopic (exact) mass is 398 g/mol. The summed E-state index contributed by atoms with van der Waals surface area (Å²) in [5.74, 6) is 0.621. The highest BCUT2D eigenvalue weighted by atomic mass is 16.7. The molecule has 7 heteroatoms. The van der Waals surface area contributed by atoms with E-state index in [0.717, 1.165) is 55.6 Å². The molecule has 2 saturated heterocycles. The molecule has 0 unspecified atom stereocenters. The van der Waals surface area contributed by atoms with Crippen LogP contribution in [0.4, 0.5) is 0 Å². The largest absolute Gasteiger partial charge is 0.495 e. The number of aromatic nitrogens is 1. The highest BCUT2D eigenvalue weighted by Crippen LogP contribution is 2.37. The molecule has 2 aromatic rings. The molecule has 0 amide bonds. The molecule has 1 aromatic heterocycles. The van der Waals surface area contributed by atoms with Gasteiger partial charge in [-0.25, -0.2) is 4.98 Å². The molecule has 2 aliphatic heterocycles. The summed E-state index contributed by atoms with van der Waals surface area (Å²) in [5, 5.41) is 1.03. The lowest BCUT2D eigenvalue weighted by Crippen LogP contribution is -2.41. The zero-order chi connectivity index (χ0) is 20.5. The van der Waals surface area contributed by atoms with E-state index in [1.807, 2.05) is 24.3 Å². The van der Waals surface area contributed by atoms with Gasteiger partial charge in [0.25, 0.3) is 0 Å². The second-order valence-electron chi connectivity index (χ2n) is 8.81. The van der Waals surface area contributed by atoms with Crippen LogP contribution in [0.1, 0.15) is 34.1 Å². The summed E-state index contributed by atoms with van der Waals surface area (Å²) in [6, 6.07) is 10.0. The van der Waals surface area contributed by atoms with E-state index in [1.54, 1.807) is 0 Å². The number of morpholine rings is 1. The predicted octanol–water partition coefficient (Wildman–Crippen LogP) is 2.64. The Morgan fingerprint density at radius 3 is 2.48 bits per heavy atom. The van der Waals surface area contributed by atoms with Gasteiger partial charge in [-0.3, -0.25) is 4.90 Å². The molecule has 0 spiro atoms. The summed E-state index contributed by atoms with van der Waals surface area (Å²) in [7, 11) is -0.441. The first-order chi connectivity index (χ1) is 13.9. The number of rotatable bonds is 6. The summed E-state index contributed by atoms with van der Waals surface area (Å²) in [6.45, 7) is 13.6. The average Bonchev–Trinajstić information content (AvgIpc) is 2.92. The number of para-hydroxylation sites is 1. The van der Waals surface area contributed by atoms with Crippen LogP contribution in [0.25, 0.3) is 10.9 Å². The van der Waals surface area contributed by atoms with Crippen molar-refractivity contribution in [3.63, 3.8) is 0 Å². The van der Waals surface area contributed by atoms with E-state index in [4.69, 9.17) is 23.8 Å². The van der Waals surface area contributed by atoms with E-state index in [9.17, 15) is 0 Å². The van der Waals surface area contributed by atoms with Gasteiger partial charge in [-0.1, -0.05) is 18.2 Å². The van der Waals surface area contributed by atoms with Gasteiger partial charge < -0.3 is 18.8 Å². The minimum Gasteiger partial charge on any atom is -0.478 e. The van der Waals surface area contributed by atoms with Gasteiger partial charge in [0.15, 0.2) is 0 Å². The van der Waals surface area contributed by atoms with Crippen molar-refractivity contribution in [3.8, 4) is 5.88 Å². The summed E-state index contributed by atoms with van der Waals surface area (Å²) in [6.07, 6.45) is 0.959. The summed E-state index contributed by atoms with van der Waals surface area (Å²) >= 11 is 0. The second kappa shape index (κ2) is 8.22. The van der Waals surface area contributed by atoms with Crippen molar-refractivity contribution in [2.24, 2.45) is 0 Å². The fourth-order valence-electron chi connectivity index (χ4n) is 3.71. The van der Waals surface area contributed by atoms with Crippen molar-refractivity contribution in [1.82, 2.24) is 9.88 Å². The first-order valence-corrected chi connectivity index (χ1v) is 10.5. The quantitative estimate of drug-likeness (QED) is 0.551. The minimum absolute atomic E-state index is 0.388. The molecule has 6 nitrogen and oxygen atoms in total. The summed E-state index contributed by atoms with van der Waals surface area (Å²) in [4.78, 5) is 7.11. The Bertz CT molecular complexity index is 836. The van der Waals surface area contributed by atoms with Crippen LogP contribution in [0.5, 0.6) is 5.88 Å². The summed E-state index contributed by atoms with van der Waals surface area (Å²) < 4.78 is 24.0. The van der Waals surface area contributed by atoms with Crippen LogP contribution in [0.2, 0.25) is 0 Å². The molecule has 4 rings (SSSR count). The third kappa shape index (κ3) is 4.43. The standard InChI is InChI=1S/C22H31BN2O4/c1-21(2)22(3,4)29-23(28-21)18-16-20(24-19-9-6-5-8-17(18)19)27-13-7-10-25-11-14-26-15-12-25/h5-6,8-9,16H,7,10-15H2,1-4H3. The Kier molecular flexibility index (Phi) is 5.84. The normalized spacial score (nSPS) is 21.6. The molecular weight excluding hydrogens is 367 g/mol. The average molecular weight is 398 g/mol. The highest BCUT2D eigenvalue weighted by Gasteiger charge is 2.52. The van der Waals surface area contributed by atoms with Crippen LogP contribution in [-0.4, -0.2) is 67.7 Å². The number of nitrogens with zero attached hydrogens (tertiary/aromatic N) is 2. The van der Waals surface area contributed by atoms with Crippen LogP contribution in [0.3, 0.4) is 0 Å². The molecule has 2 aliphatic rings. The molecule has 156 valence electrons. The molecule has 2 fully saturated rings. The van der Waals surface area contributed by atoms with E-state index in [1.165, 1.54) is 0 Å². The highest BCUT2D eigenvalue weighted by molar-refractivity contribution is 6.65. The molecule has 0 aliphatic carbocycles. The third-order valence-corrected chi connectivity index (χ3v) is 6.20. The maximum Gasteiger partial charge on any atom is 0.495 e. The number of hydrogen-bond acceptors (Lipinski definition) is 6. The van der Waals surface area contributed by atoms with E-state index < -0.39 is 7.12 Å². The van der Waals surface area contributed by atoms with Crippen molar-refractivity contribution < 1.29 is 18.8 Å². The van der Waals surface area contributed by atoms with Gasteiger partial charge in [0.2, 0.25) is 5.88 Å². The molecule has 1 aromatic carbocycles. The van der Waals surface area contributed by atoms with Crippen molar-refractivity contribution >= 4 is 23.5 Å². The van der Waals surface area contributed by atoms with Gasteiger partial charge in [-0.2, -0.15) is 0 Å². The van der Waals surface area contributed by atoms with E-state index in [0.29, 0.717) is 12.5 Å². The molecule has 0 atom stereocenters. The molecule has 0 N–H and O–H groups in total. The van der Waals surface area contributed by atoms with Gasteiger partial charge >= 0.3 is 7.12 Å². The SMILES string of the molecule is CC1(C)OB(c2cc(OCCCN3CCOCC3)nc3ccccc23)OC1(C)C. The maximum atomic E-state index is 6.29. The molecule has 3 heterocycles.